The Morgan fingerprint density at radius 3 is 2.48 bits per heavy atom. The molecule has 2 aromatic carbocycles. The number of aryl methyl sites for hydroxylation is 1. The zero-order chi connectivity index (χ0) is 16.1. The summed E-state index contributed by atoms with van der Waals surface area (Å²) in [7, 11) is 1.63. The maximum absolute atomic E-state index is 12.0. The predicted molar refractivity (Wildman–Crippen MR) is 91.3 cm³/mol. The molecule has 4 heteroatoms. The van der Waals surface area contributed by atoms with E-state index in [1.165, 1.54) is 5.56 Å². The lowest BCUT2D eigenvalue weighted by atomic mass is 10.1. The van der Waals surface area contributed by atoms with Crippen LogP contribution in [0.25, 0.3) is 6.08 Å². The van der Waals surface area contributed by atoms with E-state index in [-0.39, 0.29) is 5.91 Å². The molecule has 1 N–H and O–H groups in total. The molecule has 23 heavy (non-hydrogen) atoms. The van der Waals surface area contributed by atoms with Crippen molar-refractivity contribution < 1.29 is 9.53 Å². The minimum absolute atomic E-state index is 0.149. The van der Waals surface area contributed by atoms with Gasteiger partial charge in [0.2, 0.25) is 0 Å². The van der Waals surface area contributed by atoms with Crippen molar-refractivity contribution in [3.8, 4) is 5.75 Å². The SMILES string of the molecule is COc1ccc(/C=C2/N=C(CCc3ccccc3)NC2=O)cc1. The topological polar surface area (TPSA) is 50.7 Å². The lowest BCUT2D eigenvalue weighted by Gasteiger charge is -2.00. The van der Waals surface area contributed by atoms with Gasteiger partial charge >= 0.3 is 0 Å². The summed E-state index contributed by atoms with van der Waals surface area (Å²) in [5, 5.41) is 2.84. The average molecular weight is 306 g/mol. The Bertz CT molecular complexity index is 747. The number of aliphatic imine (C=N–C) groups is 1. The van der Waals surface area contributed by atoms with E-state index < -0.39 is 0 Å². The molecule has 0 fully saturated rings. The Balaban J connectivity index is 1.69. The molecule has 1 amide bonds. The molecule has 0 unspecified atom stereocenters. The van der Waals surface area contributed by atoms with Gasteiger partial charge in [-0.3, -0.25) is 4.79 Å². The normalized spacial score (nSPS) is 15.4. The average Bonchev–Trinajstić information content (AvgIpc) is 2.94. The van der Waals surface area contributed by atoms with E-state index in [2.05, 4.69) is 22.4 Å². The number of ether oxygens (including phenoxy) is 1. The molecule has 1 heterocycles. The summed E-state index contributed by atoms with van der Waals surface area (Å²) >= 11 is 0. The molecular formula is C19H18N2O2. The largest absolute Gasteiger partial charge is 0.497 e. The molecule has 0 atom stereocenters. The Morgan fingerprint density at radius 2 is 1.78 bits per heavy atom. The van der Waals surface area contributed by atoms with Gasteiger partial charge in [0, 0.05) is 6.42 Å². The van der Waals surface area contributed by atoms with E-state index in [0.29, 0.717) is 5.70 Å². The first-order chi connectivity index (χ1) is 11.2. The van der Waals surface area contributed by atoms with Crippen molar-refractivity contribution in [2.45, 2.75) is 12.8 Å². The number of hydrogen-bond donors (Lipinski definition) is 1. The quantitative estimate of drug-likeness (QED) is 0.862. The van der Waals surface area contributed by atoms with Crippen molar-refractivity contribution in [3.63, 3.8) is 0 Å². The summed E-state index contributed by atoms with van der Waals surface area (Å²) in [6.07, 6.45) is 3.36. The fourth-order valence-electron chi connectivity index (χ4n) is 2.40. The number of carbonyl (C=O) groups excluding carboxylic acids is 1. The number of hydrogen-bond acceptors (Lipinski definition) is 3. The zero-order valence-electron chi connectivity index (χ0n) is 13.0. The molecule has 1 aliphatic heterocycles. The highest BCUT2D eigenvalue weighted by atomic mass is 16.5. The minimum atomic E-state index is -0.149. The lowest BCUT2D eigenvalue weighted by molar-refractivity contribution is -0.115. The predicted octanol–water partition coefficient (Wildman–Crippen LogP) is 3.20. The molecule has 2 aromatic rings. The van der Waals surface area contributed by atoms with Crippen LogP contribution in [0.3, 0.4) is 0 Å². The van der Waals surface area contributed by atoms with E-state index in [0.717, 1.165) is 30.0 Å². The second kappa shape index (κ2) is 6.92. The summed E-state index contributed by atoms with van der Waals surface area (Å²) in [5.41, 5.74) is 2.60. The van der Waals surface area contributed by atoms with Crippen LogP contribution < -0.4 is 10.1 Å². The summed E-state index contributed by atoms with van der Waals surface area (Å²) in [5.74, 6) is 1.36. The molecule has 0 spiro atoms. The number of nitrogens with one attached hydrogen (secondary N) is 1. The smallest absolute Gasteiger partial charge is 0.275 e. The van der Waals surface area contributed by atoms with E-state index in [4.69, 9.17) is 4.74 Å². The van der Waals surface area contributed by atoms with E-state index >= 15 is 0 Å². The van der Waals surface area contributed by atoms with Gasteiger partial charge in [0.15, 0.2) is 0 Å². The molecule has 0 bridgehead atoms. The van der Waals surface area contributed by atoms with Crippen LogP contribution in [0.1, 0.15) is 17.5 Å². The number of nitrogens with zero attached hydrogens (tertiary/aromatic N) is 1. The van der Waals surface area contributed by atoms with Crippen LogP contribution in [0.15, 0.2) is 65.3 Å². The van der Waals surface area contributed by atoms with Crippen molar-refractivity contribution in [2.75, 3.05) is 7.11 Å². The molecule has 1 aliphatic rings. The number of amidine groups is 1. The molecule has 116 valence electrons. The maximum atomic E-state index is 12.0. The van der Waals surface area contributed by atoms with Crippen LogP contribution in [-0.4, -0.2) is 18.9 Å². The maximum Gasteiger partial charge on any atom is 0.275 e. The third kappa shape index (κ3) is 3.86. The molecule has 0 saturated heterocycles. The Kier molecular flexibility index (Phi) is 4.52. The number of rotatable bonds is 5. The highest BCUT2D eigenvalue weighted by molar-refractivity contribution is 6.14. The fourth-order valence-corrected chi connectivity index (χ4v) is 2.40. The van der Waals surface area contributed by atoms with E-state index in [9.17, 15) is 4.79 Å². The summed E-state index contributed by atoms with van der Waals surface area (Å²) in [6.45, 7) is 0. The van der Waals surface area contributed by atoms with Crippen molar-refractivity contribution in [3.05, 3.63) is 71.4 Å². The van der Waals surface area contributed by atoms with Crippen molar-refractivity contribution in [1.29, 1.82) is 0 Å². The first-order valence-corrected chi connectivity index (χ1v) is 7.53. The van der Waals surface area contributed by atoms with Gasteiger partial charge < -0.3 is 10.1 Å². The molecule has 0 aliphatic carbocycles. The summed E-state index contributed by atoms with van der Waals surface area (Å²) in [4.78, 5) is 16.4. The van der Waals surface area contributed by atoms with Crippen molar-refractivity contribution in [1.82, 2.24) is 5.32 Å². The minimum Gasteiger partial charge on any atom is -0.497 e. The van der Waals surface area contributed by atoms with Gasteiger partial charge in [-0.25, -0.2) is 4.99 Å². The third-order valence-electron chi connectivity index (χ3n) is 3.66. The molecule has 4 nitrogen and oxygen atoms in total. The van der Waals surface area contributed by atoms with Crippen molar-refractivity contribution in [2.24, 2.45) is 4.99 Å². The number of carbonyl (C=O) groups is 1. The number of methoxy groups -OCH3 is 1. The Hall–Kier alpha value is -2.88. The van der Waals surface area contributed by atoms with Gasteiger partial charge in [-0.15, -0.1) is 0 Å². The van der Waals surface area contributed by atoms with Gasteiger partial charge in [0.05, 0.1) is 7.11 Å². The summed E-state index contributed by atoms with van der Waals surface area (Å²) < 4.78 is 5.12. The number of amides is 1. The van der Waals surface area contributed by atoms with Gasteiger partial charge in [-0.2, -0.15) is 0 Å². The van der Waals surface area contributed by atoms with E-state index in [1.807, 2.05) is 42.5 Å². The van der Waals surface area contributed by atoms with Crippen LogP contribution in [0.5, 0.6) is 5.75 Å². The highest BCUT2D eigenvalue weighted by Gasteiger charge is 2.19. The second-order valence-electron chi connectivity index (χ2n) is 5.30. The standard InChI is InChI=1S/C19H18N2O2/c1-23-16-10-7-15(8-11-16)13-17-19(22)21-18(20-17)12-9-14-5-3-2-4-6-14/h2-8,10-11,13H,9,12H2,1H3,(H,20,21,22)/b17-13+. The van der Waals surface area contributed by atoms with Gasteiger partial charge in [-0.1, -0.05) is 42.5 Å². The Labute approximate surface area is 135 Å². The lowest BCUT2D eigenvalue weighted by Crippen LogP contribution is -2.24. The summed E-state index contributed by atoms with van der Waals surface area (Å²) in [6, 6.07) is 17.7. The van der Waals surface area contributed by atoms with Crippen LogP contribution in [0.2, 0.25) is 0 Å². The zero-order valence-corrected chi connectivity index (χ0v) is 13.0. The van der Waals surface area contributed by atoms with Gasteiger partial charge in [-0.05, 0) is 35.8 Å². The number of benzene rings is 2. The van der Waals surface area contributed by atoms with Crippen LogP contribution in [0.4, 0.5) is 0 Å². The van der Waals surface area contributed by atoms with Gasteiger partial charge in [0.1, 0.15) is 17.3 Å². The second-order valence-corrected chi connectivity index (χ2v) is 5.30. The van der Waals surface area contributed by atoms with Crippen LogP contribution in [-0.2, 0) is 11.2 Å². The van der Waals surface area contributed by atoms with Crippen LogP contribution >= 0.6 is 0 Å². The molecular weight excluding hydrogens is 288 g/mol. The van der Waals surface area contributed by atoms with E-state index in [1.54, 1.807) is 13.2 Å². The molecule has 0 saturated carbocycles. The highest BCUT2D eigenvalue weighted by Crippen LogP contribution is 2.17. The molecule has 3 rings (SSSR count). The van der Waals surface area contributed by atoms with Crippen molar-refractivity contribution >= 4 is 17.8 Å². The first-order valence-electron chi connectivity index (χ1n) is 7.53. The monoisotopic (exact) mass is 306 g/mol. The van der Waals surface area contributed by atoms with Gasteiger partial charge in [0.25, 0.3) is 5.91 Å². The first kappa shape index (κ1) is 15.0. The fraction of sp³-hybridized carbons (Fsp3) is 0.158. The molecule has 0 radical (unpaired) electrons. The molecule has 0 aromatic heterocycles. The van der Waals surface area contributed by atoms with Crippen LogP contribution in [0, 0.1) is 0 Å². The Morgan fingerprint density at radius 1 is 1.04 bits per heavy atom. The third-order valence-corrected chi connectivity index (χ3v) is 3.66.